The molecule has 140 valence electrons. The van der Waals surface area contributed by atoms with Gasteiger partial charge in [0.1, 0.15) is 5.75 Å². The molecule has 0 N–H and O–H groups in total. The van der Waals surface area contributed by atoms with Gasteiger partial charge in [-0.1, -0.05) is 52.5 Å². The molecule has 27 heavy (non-hydrogen) atoms. The van der Waals surface area contributed by atoms with Gasteiger partial charge in [-0.15, -0.1) is 0 Å². The number of ether oxygens (including phenoxy) is 1. The van der Waals surface area contributed by atoms with E-state index in [4.69, 9.17) is 51.1 Å². The standard InChI is InChI=1S/C18H12Cl4N2O2S/c19-11-1-3-13(14(21)7-11)17(9-24-6-5-23-10-24)27-18(25)26-16-4-2-12(20)8-15(16)22/h1-8,10,17H,9H2. The van der Waals surface area contributed by atoms with Crippen molar-refractivity contribution in [1.82, 2.24) is 9.55 Å². The van der Waals surface area contributed by atoms with Crippen LogP contribution in [0.5, 0.6) is 5.75 Å². The molecule has 1 atom stereocenters. The van der Waals surface area contributed by atoms with Gasteiger partial charge in [0.15, 0.2) is 0 Å². The lowest BCUT2D eigenvalue weighted by Gasteiger charge is -2.18. The number of carbonyl (C=O) groups excluding carboxylic acids is 1. The lowest BCUT2D eigenvalue weighted by Crippen LogP contribution is -2.11. The fourth-order valence-corrected chi connectivity index (χ4v) is 4.34. The molecule has 0 fully saturated rings. The number of thioether (sulfide) groups is 1. The number of hydrogen-bond donors (Lipinski definition) is 0. The molecule has 1 aromatic heterocycles. The molecule has 9 heteroatoms. The van der Waals surface area contributed by atoms with Crippen LogP contribution in [0.25, 0.3) is 0 Å². The lowest BCUT2D eigenvalue weighted by molar-refractivity contribution is 0.227. The minimum absolute atomic E-state index is 0.238. The molecule has 0 aliphatic carbocycles. The highest BCUT2D eigenvalue weighted by atomic mass is 35.5. The monoisotopic (exact) mass is 460 g/mol. The van der Waals surface area contributed by atoms with Crippen molar-refractivity contribution in [2.45, 2.75) is 11.8 Å². The predicted molar refractivity (Wildman–Crippen MR) is 112 cm³/mol. The van der Waals surface area contributed by atoms with E-state index >= 15 is 0 Å². The molecule has 0 aliphatic rings. The van der Waals surface area contributed by atoms with Crippen molar-refractivity contribution in [1.29, 1.82) is 0 Å². The van der Waals surface area contributed by atoms with Crippen LogP contribution in [-0.4, -0.2) is 14.9 Å². The Kier molecular flexibility index (Phi) is 6.95. The molecule has 3 rings (SSSR count). The zero-order chi connectivity index (χ0) is 19.4. The van der Waals surface area contributed by atoms with Crippen LogP contribution in [0.4, 0.5) is 4.79 Å². The minimum atomic E-state index is -0.518. The Labute approximate surface area is 180 Å². The van der Waals surface area contributed by atoms with Gasteiger partial charge in [-0.25, -0.2) is 9.78 Å². The molecule has 3 aromatic rings. The van der Waals surface area contributed by atoms with Crippen molar-refractivity contribution in [3.05, 3.63) is 80.8 Å². The number of rotatable bonds is 5. The first-order chi connectivity index (χ1) is 12.9. The smallest absolute Gasteiger partial charge is 0.373 e. The van der Waals surface area contributed by atoms with E-state index in [2.05, 4.69) is 4.98 Å². The maximum atomic E-state index is 12.5. The number of imidazole rings is 1. The second-order valence-corrected chi connectivity index (χ2v) is 8.28. The number of carbonyl (C=O) groups is 1. The maximum absolute atomic E-state index is 12.5. The quantitative estimate of drug-likeness (QED) is 0.377. The van der Waals surface area contributed by atoms with Crippen LogP contribution in [0.1, 0.15) is 10.8 Å². The van der Waals surface area contributed by atoms with Crippen molar-refractivity contribution in [2.75, 3.05) is 0 Å². The van der Waals surface area contributed by atoms with E-state index in [1.54, 1.807) is 49.1 Å². The van der Waals surface area contributed by atoms with E-state index in [1.807, 2.05) is 4.57 Å². The van der Waals surface area contributed by atoms with Crippen molar-refractivity contribution in [3.63, 3.8) is 0 Å². The number of nitrogens with zero attached hydrogens (tertiary/aromatic N) is 2. The molecule has 2 aromatic carbocycles. The molecular weight excluding hydrogens is 450 g/mol. The number of hydrogen-bond acceptors (Lipinski definition) is 4. The van der Waals surface area contributed by atoms with Crippen LogP contribution in [0, 0.1) is 0 Å². The van der Waals surface area contributed by atoms with E-state index in [0.717, 1.165) is 17.3 Å². The topological polar surface area (TPSA) is 44.1 Å². The van der Waals surface area contributed by atoms with Crippen molar-refractivity contribution < 1.29 is 9.53 Å². The first kappa shape index (κ1) is 20.4. The molecule has 0 spiro atoms. The predicted octanol–water partition coefficient (Wildman–Crippen LogP) is 7.17. The van der Waals surface area contributed by atoms with E-state index in [-0.39, 0.29) is 16.0 Å². The average Bonchev–Trinajstić information content (AvgIpc) is 3.10. The Morgan fingerprint density at radius 3 is 2.41 bits per heavy atom. The van der Waals surface area contributed by atoms with E-state index < -0.39 is 5.30 Å². The molecule has 1 heterocycles. The second-order valence-electron chi connectivity index (χ2n) is 5.46. The van der Waals surface area contributed by atoms with E-state index in [0.29, 0.717) is 21.6 Å². The molecule has 0 saturated carbocycles. The summed E-state index contributed by atoms with van der Waals surface area (Å²) >= 11 is 25.2. The summed E-state index contributed by atoms with van der Waals surface area (Å²) in [5, 5.41) is 0.867. The Balaban J connectivity index is 1.81. The van der Waals surface area contributed by atoms with Crippen LogP contribution >= 0.6 is 58.2 Å². The SMILES string of the molecule is O=C(Oc1ccc(Cl)cc1Cl)SC(Cn1ccnc1)c1ccc(Cl)cc1Cl. The Morgan fingerprint density at radius 2 is 1.78 bits per heavy atom. The number of aromatic nitrogens is 2. The first-order valence-electron chi connectivity index (χ1n) is 7.66. The molecule has 4 nitrogen and oxygen atoms in total. The highest BCUT2D eigenvalue weighted by Gasteiger charge is 2.22. The first-order valence-corrected chi connectivity index (χ1v) is 10.1. The lowest BCUT2D eigenvalue weighted by atomic mass is 10.1. The Morgan fingerprint density at radius 1 is 1.07 bits per heavy atom. The van der Waals surface area contributed by atoms with Crippen LogP contribution < -0.4 is 4.74 Å². The third-order valence-electron chi connectivity index (χ3n) is 3.57. The zero-order valence-corrected chi connectivity index (χ0v) is 17.5. The average molecular weight is 462 g/mol. The molecule has 0 amide bonds. The summed E-state index contributed by atoms with van der Waals surface area (Å²) < 4.78 is 7.23. The third-order valence-corrected chi connectivity index (χ3v) is 5.63. The van der Waals surface area contributed by atoms with Crippen molar-refractivity contribution >= 4 is 63.5 Å². The van der Waals surface area contributed by atoms with Crippen molar-refractivity contribution in [3.8, 4) is 5.75 Å². The Bertz CT molecular complexity index is 951. The summed E-state index contributed by atoms with van der Waals surface area (Å²) in [5.74, 6) is 0.238. The molecule has 0 saturated heterocycles. The van der Waals surface area contributed by atoms with Gasteiger partial charge in [0.25, 0.3) is 0 Å². The van der Waals surface area contributed by atoms with Gasteiger partial charge >= 0.3 is 5.30 Å². The molecule has 1 unspecified atom stereocenters. The van der Waals surface area contributed by atoms with Crippen LogP contribution in [0.15, 0.2) is 55.1 Å². The summed E-state index contributed by atoms with van der Waals surface area (Å²) in [4.78, 5) is 16.5. The van der Waals surface area contributed by atoms with Crippen LogP contribution in [0.2, 0.25) is 20.1 Å². The normalized spacial score (nSPS) is 12.0. The van der Waals surface area contributed by atoms with Gasteiger partial charge in [0, 0.05) is 34.0 Å². The summed E-state index contributed by atoms with van der Waals surface area (Å²) in [5.41, 5.74) is 0.763. The summed E-state index contributed by atoms with van der Waals surface area (Å²) in [6.45, 7) is 0.468. The second kappa shape index (κ2) is 9.22. The minimum Gasteiger partial charge on any atom is -0.417 e. The van der Waals surface area contributed by atoms with Gasteiger partial charge in [0.2, 0.25) is 0 Å². The van der Waals surface area contributed by atoms with Gasteiger partial charge in [-0.3, -0.25) is 0 Å². The number of halogens is 4. The fraction of sp³-hybridized carbons (Fsp3) is 0.111. The molecule has 0 bridgehead atoms. The number of benzene rings is 2. The summed E-state index contributed by atoms with van der Waals surface area (Å²) in [6, 6.07) is 9.81. The summed E-state index contributed by atoms with van der Waals surface area (Å²) in [6.07, 6.45) is 5.13. The molecule has 0 aliphatic heterocycles. The van der Waals surface area contributed by atoms with Gasteiger partial charge < -0.3 is 9.30 Å². The van der Waals surface area contributed by atoms with Crippen LogP contribution in [0.3, 0.4) is 0 Å². The van der Waals surface area contributed by atoms with Gasteiger partial charge in [0.05, 0.1) is 16.6 Å². The fourth-order valence-electron chi connectivity index (χ4n) is 2.34. The van der Waals surface area contributed by atoms with E-state index in [1.165, 1.54) is 6.07 Å². The van der Waals surface area contributed by atoms with Crippen molar-refractivity contribution in [2.24, 2.45) is 0 Å². The van der Waals surface area contributed by atoms with Gasteiger partial charge in [-0.2, -0.15) is 0 Å². The zero-order valence-electron chi connectivity index (χ0n) is 13.6. The van der Waals surface area contributed by atoms with Gasteiger partial charge in [-0.05, 0) is 47.7 Å². The summed E-state index contributed by atoms with van der Waals surface area (Å²) in [7, 11) is 0. The Hall–Kier alpha value is -1.37. The maximum Gasteiger partial charge on any atom is 0.373 e. The van der Waals surface area contributed by atoms with Crippen LogP contribution in [-0.2, 0) is 6.54 Å². The van der Waals surface area contributed by atoms with E-state index in [9.17, 15) is 4.79 Å². The largest absolute Gasteiger partial charge is 0.417 e. The third kappa shape index (κ3) is 5.56. The molecular formula is C18H12Cl4N2O2S. The highest BCUT2D eigenvalue weighted by Crippen LogP contribution is 2.38. The molecule has 0 radical (unpaired) electrons. The highest BCUT2D eigenvalue weighted by molar-refractivity contribution is 8.13.